The van der Waals surface area contributed by atoms with Gasteiger partial charge >= 0.3 is 6.03 Å². The minimum absolute atomic E-state index is 0.182. The number of hydrogen-bond acceptors (Lipinski definition) is 5. The Morgan fingerprint density at radius 3 is 2.44 bits per heavy atom. The molecule has 3 aromatic rings. The SMILES string of the molecule is C[C@H]1CN([C@@H](C)CO)C(=O)c2cc(NC(=O)Cc3ccccc3)ccc2O[C@H]1CN(C)C(=O)Nc1ccc(F)cc1. The number of aliphatic hydroxyl groups excluding tert-OH is 1. The summed E-state index contributed by atoms with van der Waals surface area (Å²) in [6.45, 7) is 3.92. The van der Waals surface area contributed by atoms with Gasteiger partial charge in [0.15, 0.2) is 0 Å². The van der Waals surface area contributed by atoms with Gasteiger partial charge < -0.3 is 30.3 Å². The molecule has 4 amide bonds. The second kappa shape index (κ2) is 13.3. The van der Waals surface area contributed by atoms with E-state index in [2.05, 4.69) is 10.6 Å². The number of nitrogens with one attached hydrogen (secondary N) is 2. The highest BCUT2D eigenvalue weighted by Gasteiger charge is 2.34. The van der Waals surface area contributed by atoms with Crippen molar-refractivity contribution >= 4 is 29.2 Å². The molecule has 41 heavy (non-hydrogen) atoms. The summed E-state index contributed by atoms with van der Waals surface area (Å²) >= 11 is 0. The Labute approximate surface area is 238 Å². The van der Waals surface area contributed by atoms with Crippen LogP contribution in [0.2, 0.25) is 0 Å². The fourth-order valence-corrected chi connectivity index (χ4v) is 4.61. The molecule has 0 spiro atoms. The predicted molar refractivity (Wildman–Crippen MR) is 154 cm³/mol. The monoisotopic (exact) mass is 562 g/mol. The molecule has 216 valence electrons. The summed E-state index contributed by atoms with van der Waals surface area (Å²) in [6, 6.07) is 18.8. The molecule has 0 saturated heterocycles. The van der Waals surface area contributed by atoms with Crippen LogP contribution >= 0.6 is 0 Å². The highest BCUT2D eigenvalue weighted by molar-refractivity contribution is 6.00. The lowest BCUT2D eigenvalue weighted by Gasteiger charge is -2.38. The summed E-state index contributed by atoms with van der Waals surface area (Å²) in [6.07, 6.45) is -0.320. The number of carbonyl (C=O) groups excluding carboxylic acids is 3. The zero-order chi connectivity index (χ0) is 29.5. The number of ether oxygens (including phenoxy) is 1. The molecular weight excluding hydrogens is 527 g/mol. The quantitative estimate of drug-likeness (QED) is 0.377. The average molecular weight is 563 g/mol. The van der Waals surface area contributed by atoms with Crippen molar-refractivity contribution in [3.8, 4) is 5.75 Å². The number of hydrogen-bond donors (Lipinski definition) is 3. The maximum Gasteiger partial charge on any atom is 0.321 e. The van der Waals surface area contributed by atoms with Gasteiger partial charge in [-0.25, -0.2) is 9.18 Å². The standard InChI is InChI=1S/C31H35FN4O5/c1-20-17-36(21(2)19-37)30(39)26-16-25(33-29(38)15-22-7-5-4-6-8-22)13-14-27(26)41-28(20)18-35(3)31(40)34-24-11-9-23(32)10-12-24/h4-14,16,20-21,28,37H,15,17-19H2,1-3H3,(H,33,38)(H,34,40)/t20-,21-,28-/m0/s1. The molecule has 3 N–H and O–H groups in total. The van der Waals surface area contributed by atoms with E-state index in [9.17, 15) is 23.9 Å². The fourth-order valence-electron chi connectivity index (χ4n) is 4.61. The number of amides is 4. The molecule has 10 heteroatoms. The molecular formula is C31H35FN4O5. The first-order valence-corrected chi connectivity index (χ1v) is 13.5. The molecule has 0 radical (unpaired) electrons. The van der Waals surface area contributed by atoms with Gasteiger partial charge in [-0.2, -0.15) is 0 Å². The van der Waals surface area contributed by atoms with Crippen LogP contribution in [-0.2, 0) is 11.2 Å². The van der Waals surface area contributed by atoms with Crippen LogP contribution in [0.3, 0.4) is 0 Å². The smallest absolute Gasteiger partial charge is 0.321 e. The number of aliphatic hydroxyl groups is 1. The molecule has 1 aliphatic heterocycles. The molecule has 4 rings (SSSR count). The van der Waals surface area contributed by atoms with E-state index in [1.165, 1.54) is 29.2 Å². The third-order valence-corrected chi connectivity index (χ3v) is 7.05. The van der Waals surface area contributed by atoms with Crippen LogP contribution in [0.4, 0.5) is 20.6 Å². The third kappa shape index (κ3) is 7.61. The Morgan fingerprint density at radius 1 is 1.07 bits per heavy atom. The van der Waals surface area contributed by atoms with Gasteiger partial charge in [0.05, 0.1) is 31.2 Å². The zero-order valence-corrected chi connectivity index (χ0v) is 23.3. The zero-order valence-electron chi connectivity index (χ0n) is 23.3. The molecule has 1 heterocycles. The molecule has 0 unspecified atom stereocenters. The highest BCUT2D eigenvalue weighted by atomic mass is 19.1. The molecule has 0 fully saturated rings. The number of rotatable bonds is 8. The minimum Gasteiger partial charge on any atom is -0.487 e. The molecule has 0 aromatic heterocycles. The number of fused-ring (bicyclic) bond motifs is 1. The van der Waals surface area contributed by atoms with E-state index in [4.69, 9.17) is 4.74 Å². The fraction of sp³-hybridized carbons (Fsp3) is 0.323. The van der Waals surface area contributed by atoms with Crippen LogP contribution in [0.1, 0.15) is 29.8 Å². The molecule has 0 saturated carbocycles. The summed E-state index contributed by atoms with van der Waals surface area (Å²) in [5, 5.41) is 15.5. The van der Waals surface area contributed by atoms with Crippen LogP contribution < -0.4 is 15.4 Å². The van der Waals surface area contributed by atoms with Gasteiger partial charge in [-0.15, -0.1) is 0 Å². The van der Waals surface area contributed by atoms with Crippen molar-refractivity contribution in [2.75, 3.05) is 37.4 Å². The number of nitrogens with zero attached hydrogens (tertiary/aromatic N) is 2. The summed E-state index contributed by atoms with van der Waals surface area (Å²) in [5.74, 6) is -0.839. The lowest BCUT2D eigenvalue weighted by atomic mass is 9.99. The van der Waals surface area contributed by atoms with Crippen molar-refractivity contribution in [1.29, 1.82) is 0 Å². The van der Waals surface area contributed by atoms with Crippen molar-refractivity contribution in [1.82, 2.24) is 9.80 Å². The largest absolute Gasteiger partial charge is 0.487 e. The Balaban J connectivity index is 1.54. The lowest BCUT2D eigenvalue weighted by molar-refractivity contribution is -0.115. The van der Waals surface area contributed by atoms with E-state index in [1.807, 2.05) is 37.3 Å². The van der Waals surface area contributed by atoms with Crippen molar-refractivity contribution in [2.45, 2.75) is 32.4 Å². The van der Waals surface area contributed by atoms with Crippen molar-refractivity contribution in [2.24, 2.45) is 5.92 Å². The number of halogens is 1. The summed E-state index contributed by atoms with van der Waals surface area (Å²) in [5.41, 5.74) is 2.01. The van der Waals surface area contributed by atoms with Gasteiger partial charge in [0.1, 0.15) is 17.7 Å². The van der Waals surface area contributed by atoms with E-state index in [0.717, 1.165) is 5.56 Å². The van der Waals surface area contributed by atoms with Gasteiger partial charge in [-0.05, 0) is 55.0 Å². The van der Waals surface area contributed by atoms with E-state index >= 15 is 0 Å². The van der Waals surface area contributed by atoms with Gasteiger partial charge in [0.25, 0.3) is 5.91 Å². The molecule has 0 bridgehead atoms. The second-order valence-corrected chi connectivity index (χ2v) is 10.4. The Bertz CT molecular complexity index is 1370. The van der Waals surface area contributed by atoms with Crippen molar-refractivity contribution < 1.29 is 28.6 Å². The van der Waals surface area contributed by atoms with E-state index < -0.39 is 24.0 Å². The Kier molecular flexibility index (Phi) is 9.57. The molecule has 9 nitrogen and oxygen atoms in total. The molecule has 3 aromatic carbocycles. The third-order valence-electron chi connectivity index (χ3n) is 7.05. The summed E-state index contributed by atoms with van der Waals surface area (Å²) < 4.78 is 19.6. The highest BCUT2D eigenvalue weighted by Crippen LogP contribution is 2.31. The maximum absolute atomic E-state index is 13.6. The number of carbonyl (C=O) groups is 3. The number of anilines is 2. The molecule has 1 aliphatic rings. The lowest BCUT2D eigenvalue weighted by Crippen LogP contribution is -2.50. The summed E-state index contributed by atoms with van der Waals surface area (Å²) in [4.78, 5) is 42.2. The molecule has 0 aliphatic carbocycles. The van der Waals surface area contributed by atoms with Crippen LogP contribution in [0.25, 0.3) is 0 Å². The first-order valence-electron chi connectivity index (χ1n) is 13.5. The van der Waals surface area contributed by atoms with Crippen molar-refractivity contribution in [3.63, 3.8) is 0 Å². The normalized spacial score (nSPS) is 17.4. The van der Waals surface area contributed by atoms with Crippen LogP contribution in [0, 0.1) is 11.7 Å². The van der Waals surface area contributed by atoms with Crippen LogP contribution in [-0.4, -0.2) is 71.6 Å². The number of urea groups is 1. The van der Waals surface area contributed by atoms with E-state index in [0.29, 0.717) is 17.1 Å². The Hall–Kier alpha value is -4.44. The number of likely N-dealkylation sites (N-methyl/N-ethyl adjacent to an activating group) is 1. The van der Waals surface area contributed by atoms with Gasteiger partial charge in [0.2, 0.25) is 5.91 Å². The summed E-state index contributed by atoms with van der Waals surface area (Å²) in [7, 11) is 1.62. The van der Waals surface area contributed by atoms with E-state index in [1.54, 1.807) is 37.1 Å². The minimum atomic E-state index is -0.502. The van der Waals surface area contributed by atoms with Gasteiger partial charge in [-0.3, -0.25) is 9.59 Å². The van der Waals surface area contributed by atoms with Crippen molar-refractivity contribution in [3.05, 3.63) is 89.7 Å². The second-order valence-electron chi connectivity index (χ2n) is 10.4. The average Bonchev–Trinajstić information content (AvgIpc) is 2.96. The predicted octanol–water partition coefficient (Wildman–Crippen LogP) is 4.39. The van der Waals surface area contributed by atoms with Crippen LogP contribution in [0.15, 0.2) is 72.8 Å². The van der Waals surface area contributed by atoms with E-state index in [-0.39, 0.29) is 49.4 Å². The topological polar surface area (TPSA) is 111 Å². The molecule has 3 atom stereocenters. The van der Waals surface area contributed by atoms with Crippen LogP contribution in [0.5, 0.6) is 5.75 Å². The number of benzene rings is 3. The first-order chi connectivity index (χ1) is 19.6. The van der Waals surface area contributed by atoms with Gasteiger partial charge in [0, 0.05) is 30.9 Å². The van der Waals surface area contributed by atoms with Gasteiger partial charge in [-0.1, -0.05) is 37.3 Å². The first kappa shape index (κ1) is 29.5. The Morgan fingerprint density at radius 2 is 1.76 bits per heavy atom. The maximum atomic E-state index is 13.6.